The average molecular weight is 379 g/mol. The summed E-state index contributed by atoms with van der Waals surface area (Å²) in [5.74, 6) is -0.617. The Labute approximate surface area is 154 Å². The van der Waals surface area contributed by atoms with Crippen LogP contribution in [-0.2, 0) is 4.79 Å². The Hall–Kier alpha value is -2.02. The molecular weight excluding hydrogens is 361 g/mol. The van der Waals surface area contributed by atoms with Gasteiger partial charge in [0.05, 0.1) is 28.0 Å². The summed E-state index contributed by atoms with van der Waals surface area (Å²) in [6, 6.07) is 12.0. The van der Waals surface area contributed by atoms with Crippen LogP contribution in [-0.4, -0.2) is 24.5 Å². The van der Waals surface area contributed by atoms with Crippen molar-refractivity contribution in [2.45, 2.75) is 13.0 Å². The number of hydrogen-bond acceptors (Lipinski definition) is 3. The Morgan fingerprint density at radius 1 is 1.36 bits per heavy atom. The van der Waals surface area contributed by atoms with Crippen molar-refractivity contribution in [3.8, 4) is 0 Å². The second-order valence-corrected chi connectivity index (χ2v) is 7.41. The standard InChI is InChI=1S/C18H17ClFN3OS/c1-11(18-22-15-5-3-4-6-16(15)25-18)23(2)10-17(24)21-14-8-7-12(20)9-13(14)19/h3-9,11H,10H2,1-2H3,(H,21,24)/p+1/t11-/m0/s1. The number of benzene rings is 2. The number of aromatic nitrogens is 1. The van der Waals surface area contributed by atoms with Crippen molar-refractivity contribution in [1.29, 1.82) is 0 Å². The summed E-state index contributed by atoms with van der Waals surface area (Å²) in [5.41, 5.74) is 1.39. The van der Waals surface area contributed by atoms with Crippen molar-refractivity contribution in [2.24, 2.45) is 0 Å². The van der Waals surface area contributed by atoms with Crippen LogP contribution in [0.3, 0.4) is 0 Å². The molecule has 0 saturated heterocycles. The number of fused-ring (bicyclic) bond motifs is 1. The van der Waals surface area contributed by atoms with Crippen LogP contribution in [0.25, 0.3) is 10.2 Å². The molecular formula is C18H18ClFN3OS+. The normalized spacial score (nSPS) is 13.6. The number of anilines is 1. The minimum Gasteiger partial charge on any atom is -0.322 e. The highest BCUT2D eigenvalue weighted by atomic mass is 35.5. The molecule has 0 bridgehead atoms. The van der Waals surface area contributed by atoms with Gasteiger partial charge < -0.3 is 10.2 Å². The van der Waals surface area contributed by atoms with Crippen LogP contribution in [0.5, 0.6) is 0 Å². The summed E-state index contributed by atoms with van der Waals surface area (Å²) in [7, 11) is 1.95. The van der Waals surface area contributed by atoms with E-state index in [9.17, 15) is 9.18 Å². The third-order valence-electron chi connectivity index (χ3n) is 4.06. The summed E-state index contributed by atoms with van der Waals surface area (Å²) < 4.78 is 14.2. The first-order valence-electron chi connectivity index (χ1n) is 7.86. The maximum atomic E-state index is 13.1. The van der Waals surface area contributed by atoms with Crippen LogP contribution < -0.4 is 10.2 Å². The number of halogens is 2. The fraction of sp³-hybridized carbons (Fsp3) is 0.222. The fourth-order valence-corrected chi connectivity index (χ4v) is 3.80. The predicted molar refractivity (Wildman–Crippen MR) is 99.8 cm³/mol. The third-order valence-corrected chi connectivity index (χ3v) is 5.60. The molecule has 2 aromatic carbocycles. The molecule has 0 radical (unpaired) electrons. The molecule has 4 nitrogen and oxygen atoms in total. The zero-order chi connectivity index (χ0) is 18.0. The van der Waals surface area contributed by atoms with Crippen molar-refractivity contribution in [2.75, 3.05) is 18.9 Å². The van der Waals surface area contributed by atoms with E-state index in [-0.39, 0.29) is 23.5 Å². The Morgan fingerprint density at radius 3 is 2.84 bits per heavy atom. The van der Waals surface area contributed by atoms with Gasteiger partial charge in [0.1, 0.15) is 11.9 Å². The highest BCUT2D eigenvalue weighted by molar-refractivity contribution is 7.18. The van der Waals surface area contributed by atoms with Crippen LogP contribution in [0, 0.1) is 5.82 Å². The molecule has 1 aromatic heterocycles. The molecule has 2 N–H and O–H groups in total. The zero-order valence-corrected chi connectivity index (χ0v) is 15.4. The number of carbonyl (C=O) groups is 1. The summed E-state index contributed by atoms with van der Waals surface area (Å²) in [4.78, 5) is 17.9. The van der Waals surface area contributed by atoms with Gasteiger partial charge in [-0.15, -0.1) is 11.3 Å². The maximum Gasteiger partial charge on any atom is 0.279 e. The average Bonchev–Trinajstić information content (AvgIpc) is 3.00. The van der Waals surface area contributed by atoms with Crippen molar-refractivity contribution in [3.05, 3.63) is 58.3 Å². The van der Waals surface area contributed by atoms with Gasteiger partial charge in [-0.3, -0.25) is 4.79 Å². The van der Waals surface area contributed by atoms with E-state index in [0.717, 1.165) is 20.1 Å². The van der Waals surface area contributed by atoms with Crippen molar-refractivity contribution in [1.82, 2.24) is 4.98 Å². The van der Waals surface area contributed by atoms with E-state index in [0.29, 0.717) is 5.69 Å². The molecule has 3 aromatic rings. The third kappa shape index (κ3) is 4.15. The quantitative estimate of drug-likeness (QED) is 0.715. The lowest BCUT2D eigenvalue weighted by Gasteiger charge is -2.19. The van der Waals surface area contributed by atoms with E-state index < -0.39 is 5.82 Å². The van der Waals surface area contributed by atoms with Gasteiger partial charge in [0.15, 0.2) is 11.6 Å². The number of hydrogen-bond donors (Lipinski definition) is 2. The van der Waals surface area contributed by atoms with Crippen molar-refractivity contribution in [3.63, 3.8) is 0 Å². The second-order valence-electron chi connectivity index (χ2n) is 5.94. The largest absolute Gasteiger partial charge is 0.322 e. The Morgan fingerprint density at radius 2 is 2.12 bits per heavy atom. The first-order chi connectivity index (χ1) is 11.9. The molecule has 25 heavy (non-hydrogen) atoms. The molecule has 0 fully saturated rings. The fourth-order valence-electron chi connectivity index (χ4n) is 2.48. The molecule has 0 aliphatic rings. The topological polar surface area (TPSA) is 46.4 Å². The Bertz CT molecular complexity index is 881. The van der Waals surface area contributed by atoms with Gasteiger partial charge in [0, 0.05) is 0 Å². The molecule has 130 valence electrons. The Balaban J connectivity index is 1.66. The van der Waals surface area contributed by atoms with Crippen LogP contribution in [0.15, 0.2) is 42.5 Å². The van der Waals surface area contributed by atoms with Crippen molar-refractivity contribution < 1.29 is 14.1 Å². The summed E-state index contributed by atoms with van der Waals surface area (Å²) >= 11 is 7.59. The lowest BCUT2D eigenvalue weighted by atomic mass is 10.3. The molecule has 2 atom stereocenters. The van der Waals surface area contributed by atoms with E-state index >= 15 is 0 Å². The van der Waals surface area contributed by atoms with Crippen LogP contribution >= 0.6 is 22.9 Å². The monoisotopic (exact) mass is 378 g/mol. The van der Waals surface area contributed by atoms with Crippen molar-refractivity contribution >= 4 is 44.7 Å². The minimum absolute atomic E-state index is 0.0758. The summed E-state index contributed by atoms with van der Waals surface area (Å²) in [5, 5.41) is 3.90. The van der Waals surface area contributed by atoms with Gasteiger partial charge in [-0.05, 0) is 37.3 Å². The number of thiazole rings is 1. The number of nitrogens with zero attached hydrogens (tertiary/aromatic N) is 1. The van der Waals surface area contributed by atoms with Crippen LogP contribution in [0.2, 0.25) is 5.02 Å². The molecule has 1 heterocycles. The first kappa shape index (κ1) is 17.8. The molecule has 0 aliphatic heterocycles. The van der Waals surface area contributed by atoms with Gasteiger partial charge >= 0.3 is 0 Å². The van der Waals surface area contributed by atoms with Gasteiger partial charge in [-0.25, -0.2) is 9.37 Å². The van der Waals surface area contributed by atoms with E-state index in [1.165, 1.54) is 18.2 Å². The smallest absolute Gasteiger partial charge is 0.279 e. The molecule has 0 spiro atoms. The van der Waals surface area contributed by atoms with Crippen LogP contribution in [0.4, 0.5) is 10.1 Å². The predicted octanol–water partition coefficient (Wildman–Crippen LogP) is 3.30. The van der Waals surface area contributed by atoms with E-state index in [2.05, 4.69) is 10.3 Å². The van der Waals surface area contributed by atoms with Gasteiger partial charge in [-0.2, -0.15) is 0 Å². The highest BCUT2D eigenvalue weighted by Gasteiger charge is 2.22. The molecule has 0 saturated carbocycles. The van der Waals surface area contributed by atoms with Crippen LogP contribution in [0.1, 0.15) is 18.0 Å². The number of likely N-dealkylation sites (N-methyl/N-ethyl adjacent to an activating group) is 1. The molecule has 3 rings (SSSR count). The summed E-state index contributed by atoms with van der Waals surface area (Å²) in [6.07, 6.45) is 0. The van der Waals surface area contributed by atoms with Gasteiger partial charge in [0.25, 0.3) is 5.91 Å². The highest BCUT2D eigenvalue weighted by Crippen LogP contribution is 2.25. The second kappa shape index (κ2) is 7.47. The maximum absolute atomic E-state index is 13.1. The Kier molecular flexibility index (Phi) is 5.32. The van der Waals surface area contributed by atoms with Gasteiger partial charge in [0.2, 0.25) is 0 Å². The van der Waals surface area contributed by atoms with E-state index in [1.807, 2.05) is 38.2 Å². The first-order valence-corrected chi connectivity index (χ1v) is 9.06. The lowest BCUT2D eigenvalue weighted by Crippen LogP contribution is -3.10. The lowest BCUT2D eigenvalue weighted by molar-refractivity contribution is -0.902. The summed E-state index contributed by atoms with van der Waals surface area (Å²) in [6.45, 7) is 2.30. The van der Waals surface area contributed by atoms with Gasteiger partial charge in [-0.1, -0.05) is 23.7 Å². The molecule has 1 amide bonds. The zero-order valence-electron chi connectivity index (χ0n) is 13.8. The molecule has 0 aliphatic carbocycles. The van der Waals surface area contributed by atoms with E-state index in [1.54, 1.807) is 11.3 Å². The SMILES string of the molecule is C[C@@H](c1nc2ccccc2s1)[NH+](C)CC(=O)Nc1ccc(F)cc1Cl. The number of rotatable bonds is 5. The number of amides is 1. The molecule has 7 heteroatoms. The van der Waals surface area contributed by atoms with E-state index in [4.69, 9.17) is 11.6 Å². The number of para-hydroxylation sites is 1. The number of quaternary nitrogens is 1. The molecule has 1 unspecified atom stereocenters. The number of carbonyl (C=O) groups excluding carboxylic acids is 1. The number of nitrogens with one attached hydrogen (secondary N) is 2. The minimum atomic E-state index is -0.435.